The van der Waals surface area contributed by atoms with E-state index in [0.717, 1.165) is 43.1 Å². The third-order valence-electron chi connectivity index (χ3n) is 8.06. The molecule has 6 nitrogen and oxygen atoms in total. The first kappa shape index (κ1) is 38.4. The summed E-state index contributed by atoms with van der Waals surface area (Å²) in [5.41, 5.74) is 8.57. The normalized spacial score (nSPS) is 14.9. The number of carbonyl (C=O) groups is 1. The number of fused-ring (bicyclic) bond motifs is 1. The third-order valence-corrected chi connectivity index (χ3v) is 9.19. The number of hydrogen-bond donors (Lipinski definition) is 2. The lowest BCUT2D eigenvalue weighted by molar-refractivity contribution is -0.274. The van der Waals surface area contributed by atoms with Gasteiger partial charge in [0.2, 0.25) is 0 Å². The highest BCUT2D eigenvalue weighted by atomic mass is 32.1. The van der Waals surface area contributed by atoms with Crippen LogP contribution in [-0.2, 0) is 16.0 Å². The molecule has 1 aromatic heterocycles. The Hall–Kier alpha value is -3.03. The molecule has 262 valence electrons. The molecule has 3 aromatic rings. The van der Waals surface area contributed by atoms with Gasteiger partial charge in [0.1, 0.15) is 30.1 Å². The van der Waals surface area contributed by atoms with Gasteiger partial charge >= 0.3 is 18.5 Å². The molecule has 0 saturated carbocycles. The molecular formula is C34H44F6N2O4S. The fraction of sp³-hybridized carbons (Fsp3) is 0.559. The van der Waals surface area contributed by atoms with Crippen molar-refractivity contribution in [2.24, 2.45) is 22.3 Å². The highest BCUT2D eigenvalue weighted by Gasteiger charge is 2.53. The fourth-order valence-corrected chi connectivity index (χ4v) is 5.90. The van der Waals surface area contributed by atoms with Gasteiger partial charge in [-0.25, -0.2) is 0 Å². The predicted molar refractivity (Wildman–Crippen MR) is 172 cm³/mol. The molecule has 0 saturated heterocycles. The quantitative estimate of drug-likeness (QED) is 0.0938. The molecule has 2 atom stereocenters. The Kier molecular flexibility index (Phi) is 11.9. The van der Waals surface area contributed by atoms with Gasteiger partial charge in [0.25, 0.3) is 0 Å². The van der Waals surface area contributed by atoms with Gasteiger partial charge in [0, 0.05) is 26.7 Å². The van der Waals surface area contributed by atoms with Gasteiger partial charge in [-0.15, -0.1) is 24.5 Å². The number of unbranched alkanes of at least 4 members (excludes halogenated alkanes) is 2. The molecule has 0 aliphatic rings. The molecule has 0 spiro atoms. The summed E-state index contributed by atoms with van der Waals surface area (Å²) in [5.74, 6) is -1.10. The lowest BCUT2D eigenvalue weighted by atomic mass is 9.79. The minimum Gasteiger partial charge on any atom is -0.492 e. The summed E-state index contributed by atoms with van der Waals surface area (Å²) < 4.78 is 98.4. The second kappa shape index (κ2) is 14.6. The topological polar surface area (TPSA) is 96.8 Å². The van der Waals surface area contributed by atoms with Crippen LogP contribution in [0.4, 0.5) is 26.3 Å². The van der Waals surface area contributed by atoms with Crippen molar-refractivity contribution in [3.63, 3.8) is 0 Å². The highest BCUT2D eigenvalue weighted by Crippen LogP contribution is 2.43. The molecule has 2 unspecified atom stereocenters. The third kappa shape index (κ3) is 10.5. The second-order valence-electron chi connectivity index (χ2n) is 13.6. The summed E-state index contributed by atoms with van der Waals surface area (Å²) in [4.78, 5) is 13.4. The molecule has 0 amide bonds. The maximum Gasteiger partial charge on any atom is 0.573 e. The van der Waals surface area contributed by atoms with Crippen LogP contribution < -0.4 is 20.9 Å². The van der Waals surface area contributed by atoms with E-state index in [2.05, 4.69) is 4.74 Å². The van der Waals surface area contributed by atoms with Crippen molar-refractivity contribution in [3.8, 4) is 21.9 Å². The number of rotatable bonds is 15. The Bertz CT molecular complexity index is 1510. The van der Waals surface area contributed by atoms with E-state index >= 15 is 0 Å². The number of esters is 1. The van der Waals surface area contributed by atoms with Crippen LogP contribution in [0.1, 0.15) is 72.8 Å². The number of ether oxygens (including phenoxy) is 3. The SMILES string of the molecule is CCCCCc1ccc(-c2cc3ccc(OCC(C)(COC(=O)C(C)(C)C(N)CC(C)(C)N)C(F)(F)F)cc3s2)c(OC(F)(F)F)c1. The average molecular weight is 691 g/mol. The van der Waals surface area contributed by atoms with Crippen molar-refractivity contribution >= 4 is 27.4 Å². The molecule has 0 fully saturated rings. The van der Waals surface area contributed by atoms with Gasteiger partial charge in [-0.1, -0.05) is 25.8 Å². The van der Waals surface area contributed by atoms with Gasteiger partial charge in [-0.3, -0.25) is 4.79 Å². The molecule has 2 aromatic carbocycles. The van der Waals surface area contributed by atoms with Gasteiger partial charge in [-0.05, 0) is 101 Å². The number of halogens is 6. The molecule has 4 N–H and O–H groups in total. The minimum atomic E-state index is -4.89. The lowest BCUT2D eigenvalue weighted by Crippen LogP contribution is -2.51. The summed E-state index contributed by atoms with van der Waals surface area (Å²) >= 11 is 1.15. The number of benzene rings is 2. The van der Waals surface area contributed by atoms with Crippen LogP contribution in [0.15, 0.2) is 42.5 Å². The number of carbonyl (C=O) groups excluding carboxylic acids is 1. The summed E-state index contributed by atoms with van der Waals surface area (Å²) in [6.07, 6.45) is -6.07. The van der Waals surface area contributed by atoms with E-state index < -0.39 is 54.1 Å². The molecular weight excluding hydrogens is 646 g/mol. The number of hydrogen-bond acceptors (Lipinski definition) is 7. The molecule has 0 radical (unpaired) electrons. The molecule has 0 aliphatic carbocycles. The van der Waals surface area contributed by atoms with Crippen molar-refractivity contribution in [1.82, 2.24) is 0 Å². The molecule has 0 aliphatic heterocycles. The molecule has 3 rings (SSSR count). The molecule has 13 heteroatoms. The van der Waals surface area contributed by atoms with Crippen molar-refractivity contribution < 1.29 is 45.3 Å². The van der Waals surface area contributed by atoms with Crippen LogP contribution in [0.25, 0.3) is 20.5 Å². The average Bonchev–Trinajstić information content (AvgIpc) is 3.36. The highest BCUT2D eigenvalue weighted by molar-refractivity contribution is 7.22. The van der Waals surface area contributed by atoms with Crippen LogP contribution in [0.5, 0.6) is 11.5 Å². The Labute approximate surface area is 275 Å². The van der Waals surface area contributed by atoms with E-state index in [1.165, 1.54) is 32.0 Å². The van der Waals surface area contributed by atoms with Crippen LogP contribution in [-0.4, -0.2) is 43.3 Å². The standard InChI is InChI=1S/C34H44F6N2O4S/c1-7-8-9-10-21-11-14-24(25(15-21)46-34(38,39)40)27-16-22-12-13-23(17-26(22)47-27)44-19-32(6,33(35,36)37)20-45-29(43)31(4,5)28(41)18-30(2,3)42/h11-17,28H,7-10,18-20,41-42H2,1-6H3. The zero-order valence-electron chi connectivity index (χ0n) is 27.5. The van der Waals surface area contributed by atoms with E-state index in [1.807, 2.05) is 6.92 Å². The first-order chi connectivity index (χ1) is 21.5. The minimum absolute atomic E-state index is 0.110. The number of thiophene rings is 1. The smallest absolute Gasteiger partial charge is 0.492 e. The van der Waals surface area contributed by atoms with Crippen LogP contribution >= 0.6 is 11.3 Å². The van der Waals surface area contributed by atoms with Crippen molar-refractivity contribution in [2.45, 2.75) is 97.8 Å². The molecule has 47 heavy (non-hydrogen) atoms. The molecule has 1 heterocycles. The van der Waals surface area contributed by atoms with Gasteiger partial charge in [0.05, 0.1) is 5.41 Å². The lowest BCUT2D eigenvalue weighted by Gasteiger charge is -2.36. The van der Waals surface area contributed by atoms with Crippen LogP contribution in [0, 0.1) is 10.8 Å². The van der Waals surface area contributed by atoms with E-state index in [9.17, 15) is 31.1 Å². The summed E-state index contributed by atoms with van der Waals surface area (Å²) in [6.45, 7) is 7.52. The largest absolute Gasteiger partial charge is 0.573 e. The maximum absolute atomic E-state index is 14.2. The van der Waals surface area contributed by atoms with E-state index in [4.69, 9.17) is 20.9 Å². The van der Waals surface area contributed by atoms with Crippen molar-refractivity contribution in [1.29, 1.82) is 0 Å². The zero-order chi connectivity index (χ0) is 35.4. The Balaban J connectivity index is 1.80. The Morgan fingerprint density at radius 2 is 1.60 bits per heavy atom. The van der Waals surface area contributed by atoms with Gasteiger partial charge in [0.15, 0.2) is 0 Å². The second-order valence-corrected chi connectivity index (χ2v) is 14.7. The number of aryl methyl sites for hydroxylation is 1. The van der Waals surface area contributed by atoms with Crippen molar-refractivity contribution in [2.75, 3.05) is 13.2 Å². The first-order valence-corrected chi connectivity index (χ1v) is 16.2. The fourth-order valence-electron chi connectivity index (χ4n) is 4.78. The number of alkyl halides is 6. The van der Waals surface area contributed by atoms with Crippen molar-refractivity contribution in [3.05, 3.63) is 48.0 Å². The summed E-state index contributed by atoms with van der Waals surface area (Å²) in [5, 5.41) is 0.661. The van der Waals surface area contributed by atoms with Crippen LogP contribution in [0.2, 0.25) is 0 Å². The summed E-state index contributed by atoms with van der Waals surface area (Å²) in [6, 6.07) is 10.3. The zero-order valence-corrected chi connectivity index (χ0v) is 28.3. The Morgan fingerprint density at radius 3 is 2.19 bits per heavy atom. The van der Waals surface area contributed by atoms with E-state index in [1.54, 1.807) is 38.1 Å². The van der Waals surface area contributed by atoms with Gasteiger partial charge < -0.3 is 25.7 Å². The maximum atomic E-state index is 14.2. The Morgan fingerprint density at radius 1 is 0.915 bits per heavy atom. The van der Waals surface area contributed by atoms with E-state index in [-0.39, 0.29) is 23.5 Å². The van der Waals surface area contributed by atoms with E-state index in [0.29, 0.717) is 21.4 Å². The predicted octanol–water partition coefficient (Wildman–Crippen LogP) is 9.17. The number of nitrogens with two attached hydrogens (primary N) is 2. The van der Waals surface area contributed by atoms with Gasteiger partial charge in [-0.2, -0.15) is 13.2 Å². The monoisotopic (exact) mass is 690 g/mol. The van der Waals surface area contributed by atoms with Crippen LogP contribution in [0.3, 0.4) is 0 Å². The molecule has 0 bridgehead atoms. The first-order valence-electron chi connectivity index (χ1n) is 15.4. The summed E-state index contributed by atoms with van der Waals surface area (Å²) in [7, 11) is 0.